The molecule has 7 rings (SSSR count). The third-order valence-corrected chi connectivity index (χ3v) is 15.3. The Kier molecular flexibility index (Phi) is 13.2. The number of sulfone groups is 1. The largest absolute Gasteiger partial charge is 0.435 e. The molecule has 0 aliphatic heterocycles. The maximum Gasteiger partial charge on any atom is 0.435 e. The van der Waals surface area contributed by atoms with Crippen LogP contribution in [0, 0.1) is 29.4 Å². The highest BCUT2D eigenvalue weighted by Crippen LogP contribution is 2.69. The SMILES string of the molecule is CCS(=O)(=O)OC(C(=O)N[C@@H](Cc1cc(F)cc(F)c1)c1nc(C#CC(C)(C)S(C)(=O)=O)ccc1-c1ccc(Cl)c2c(NS(C)(=O)=O)nn(CC(F)(F)F)c12)n1nc(C(F)(F)F)c2c1C(F)(F)[C@@H]1C[C@H]21. The van der Waals surface area contributed by atoms with Gasteiger partial charge in [-0.25, -0.2) is 39.5 Å². The minimum atomic E-state index is -5.43. The Morgan fingerprint density at radius 3 is 2.16 bits per heavy atom. The van der Waals surface area contributed by atoms with E-state index in [1.165, 1.54) is 13.8 Å². The second-order valence-corrected chi connectivity index (χ2v) is 23.5. The van der Waals surface area contributed by atoms with Gasteiger partial charge in [-0.05, 0) is 81.3 Å². The number of nitrogens with one attached hydrogen (secondary N) is 2. The minimum Gasteiger partial charge on any atom is -0.343 e. The van der Waals surface area contributed by atoms with Gasteiger partial charge in [-0.1, -0.05) is 23.6 Å². The van der Waals surface area contributed by atoms with Gasteiger partial charge in [-0.2, -0.15) is 53.7 Å². The summed E-state index contributed by atoms with van der Waals surface area (Å²) in [5, 5.41) is 8.55. The fourth-order valence-corrected chi connectivity index (χ4v) is 9.36. The summed E-state index contributed by atoms with van der Waals surface area (Å²) in [5.41, 5.74) is -6.91. The number of carbonyl (C=O) groups excluding carboxylic acids is 1. The number of hydrogen-bond donors (Lipinski definition) is 2. The fourth-order valence-electron chi connectivity index (χ4n) is 7.80. The van der Waals surface area contributed by atoms with E-state index in [4.69, 9.17) is 15.8 Å². The van der Waals surface area contributed by atoms with E-state index in [0.29, 0.717) is 17.0 Å². The Morgan fingerprint density at radius 2 is 1.59 bits per heavy atom. The number of fused-ring (bicyclic) bond motifs is 4. The number of aromatic nitrogens is 5. The van der Waals surface area contributed by atoms with E-state index >= 15 is 8.78 Å². The Bertz CT molecular complexity index is 3370. The van der Waals surface area contributed by atoms with Crippen molar-refractivity contribution in [1.82, 2.24) is 29.9 Å². The van der Waals surface area contributed by atoms with Gasteiger partial charge in [0, 0.05) is 34.9 Å². The normalized spacial score (nSPS) is 17.9. The van der Waals surface area contributed by atoms with Crippen LogP contribution in [0.4, 0.5) is 49.7 Å². The second-order valence-electron chi connectivity index (χ2n) is 16.9. The summed E-state index contributed by atoms with van der Waals surface area (Å²) in [6.07, 6.45) is -13.3. The molecular formula is C41H36ClF10N7O8S3. The van der Waals surface area contributed by atoms with Gasteiger partial charge < -0.3 is 5.32 Å². The zero-order valence-corrected chi connectivity index (χ0v) is 39.8. The highest BCUT2D eigenvalue weighted by molar-refractivity contribution is 7.92. The number of sulfonamides is 1. The molecule has 1 unspecified atom stereocenters. The lowest BCUT2D eigenvalue weighted by Gasteiger charge is -2.26. The molecule has 1 fully saturated rings. The van der Waals surface area contributed by atoms with Gasteiger partial charge >= 0.3 is 12.4 Å². The van der Waals surface area contributed by atoms with Gasteiger partial charge in [0.2, 0.25) is 16.3 Å². The molecule has 0 saturated heterocycles. The molecule has 70 heavy (non-hydrogen) atoms. The first-order valence-electron chi connectivity index (χ1n) is 20.2. The van der Waals surface area contributed by atoms with Crippen LogP contribution in [-0.4, -0.2) is 84.9 Å². The van der Waals surface area contributed by atoms with E-state index in [0.717, 1.165) is 49.6 Å². The number of benzene rings is 2. The number of rotatable bonds is 14. The van der Waals surface area contributed by atoms with Crippen LogP contribution in [0.1, 0.15) is 79.3 Å². The van der Waals surface area contributed by atoms with Crippen LogP contribution in [0.2, 0.25) is 5.02 Å². The van der Waals surface area contributed by atoms with E-state index in [2.05, 4.69) is 32.3 Å². The van der Waals surface area contributed by atoms with E-state index in [1.54, 1.807) is 0 Å². The minimum absolute atomic E-state index is 0.218. The summed E-state index contributed by atoms with van der Waals surface area (Å²) < 4.78 is 229. The van der Waals surface area contributed by atoms with Gasteiger partial charge in [0.1, 0.15) is 34.3 Å². The second kappa shape index (κ2) is 17.7. The topological polar surface area (TPSA) is 201 Å². The summed E-state index contributed by atoms with van der Waals surface area (Å²) in [4.78, 5) is 19.2. The van der Waals surface area contributed by atoms with Crippen LogP contribution in [0.15, 0.2) is 42.5 Å². The van der Waals surface area contributed by atoms with Crippen molar-refractivity contribution < 1.29 is 78.1 Å². The van der Waals surface area contributed by atoms with E-state index in [1.807, 2.05) is 4.72 Å². The number of nitrogens with zero attached hydrogens (tertiary/aromatic N) is 5. The van der Waals surface area contributed by atoms with Crippen LogP contribution < -0.4 is 10.0 Å². The number of amides is 1. The summed E-state index contributed by atoms with van der Waals surface area (Å²) in [5.74, 6) is -8.12. The molecule has 378 valence electrons. The number of anilines is 1. The van der Waals surface area contributed by atoms with Crippen LogP contribution in [0.25, 0.3) is 22.0 Å². The van der Waals surface area contributed by atoms with Crippen molar-refractivity contribution in [1.29, 1.82) is 0 Å². The first-order valence-corrected chi connectivity index (χ1v) is 26.0. The molecule has 3 aromatic heterocycles. The molecule has 1 amide bonds. The van der Waals surface area contributed by atoms with Gasteiger partial charge in [-0.3, -0.25) is 14.2 Å². The Morgan fingerprint density at radius 1 is 0.957 bits per heavy atom. The monoisotopic (exact) mass is 1080 g/mol. The fraction of sp³-hybridized carbons (Fsp3) is 0.415. The summed E-state index contributed by atoms with van der Waals surface area (Å²) in [6.45, 7) is 1.51. The molecule has 2 aromatic carbocycles. The third-order valence-electron chi connectivity index (χ3n) is 11.3. The Balaban J connectivity index is 1.53. The van der Waals surface area contributed by atoms with Crippen molar-refractivity contribution in [2.24, 2.45) is 5.92 Å². The van der Waals surface area contributed by atoms with E-state index in [-0.39, 0.29) is 32.1 Å². The van der Waals surface area contributed by atoms with Crippen molar-refractivity contribution in [3.05, 3.63) is 93.0 Å². The van der Waals surface area contributed by atoms with Gasteiger partial charge in [0.25, 0.3) is 21.9 Å². The molecular weight excluding hydrogens is 1040 g/mol. The van der Waals surface area contributed by atoms with Crippen molar-refractivity contribution >= 4 is 64.2 Å². The van der Waals surface area contributed by atoms with Gasteiger partial charge in [-0.15, -0.1) is 0 Å². The number of carbonyl (C=O) groups is 1. The van der Waals surface area contributed by atoms with E-state index < -0.39 is 159 Å². The van der Waals surface area contributed by atoms with Crippen LogP contribution in [0.5, 0.6) is 0 Å². The number of pyridine rings is 1. The van der Waals surface area contributed by atoms with Crippen molar-refractivity contribution in [2.75, 3.05) is 23.0 Å². The molecule has 0 radical (unpaired) electrons. The zero-order valence-electron chi connectivity index (χ0n) is 36.6. The average Bonchev–Trinajstić information content (AvgIpc) is 3.71. The van der Waals surface area contributed by atoms with Crippen LogP contribution >= 0.6 is 11.6 Å². The van der Waals surface area contributed by atoms with Crippen molar-refractivity contribution in [3.63, 3.8) is 0 Å². The standard InChI is InChI=1S/C41H36ClF10N7O8S3/c1-6-70(65,66)67-37(59-34-29(33(55-59)41(50,51)52)25-17-26(25)40(34,48)49)36(60)54-28(15-19-13-20(43)16-21(44)14-19)31-23(8-7-22(53-31)11-12-38(2,3)68(4,61)62)24-9-10-27(42)30-32(24)58(18-39(45,46)47)56-35(30)57-69(5,63)64/h7-10,13-14,16,25-26,28,37H,6,15,17-18H2,1-5H3,(H,54,60)(H,56,57)/t25-,26+,28-,37?/m0/s1. The van der Waals surface area contributed by atoms with Gasteiger partial charge in [0.05, 0.1) is 39.7 Å². The Hall–Kier alpha value is -5.50. The summed E-state index contributed by atoms with van der Waals surface area (Å²) in [7, 11) is -13.2. The lowest BCUT2D eigenvalue weighted by atomic mass is 9.93. The highest BCUT2D eigenvalue weighted by atomic mass is 35.5. The first kappa shape index (κ1) is 52.3. The maximum absolute atomic E-state index is 15.9. The molecule has 0 spiro atoms. The molecule has 4 atom stereocenters. The third kappa shape index (κ3) is 10.6. The molecule has 1 saturated carbocycles. The molecule has 15 nitrogen and oxygen atoms in total. The maximum atomic E-state index is 15.9. The summed E-state index contributed by atoms with van der Waals surface area (Å²) >= 11 is 6.47. The molecule has 0 bridgehead atoms. The van der Waals surface area contributed by atoms with E-state index in [9.17, 15) is 65.2 Å². The number of halogens is 11. The zero-order chi connectivity index (χ0) is 52.1. The number of hydrogen-bond acceptors (Lipinski definition) is 11. The molecule has 2 N–H and O–H groups in total. The number of alkyl halides is 8. The predicted molar refractivity (Wildman–Crippen MR) is 231 cm³/mol. The van der Waals surface area contributed by atoms with Crippen LogP contribution in [-0.2, 0) is 64.0 Å². The lowest BCUT2D eigenvalue weighted by Crippen LogP contribution is -2.41. The highest BCUT2D eigenvalue weighted by Gasteiger charge is 2.69. The average molecular weight is 1080 g/mol. The lowest BCUT2D eigenvalue weighted by molar-refractivity contribution is -0.144. The smallest absolute Gasteiger partial charge is 0.343 e. The molecule has 3 heterocycles. The van der Waals surface area contributed by atoms with Crippen molar-refractivity contribution in [2.45, 2.75) is 81.4 Å². The quantitative estimate of drug-likeness (QED) is 0.0633. The predicted octanol–water partition coefficient (Wildman–Crippen LogP) is 7.53. The molecule has 5 aromatic rings. The molecule has 2 aliphatic rings. The Labute approximate surface area is 397 Å². The van der Waals surface area contributed by atoms with Crippen LogP contribution in [0.3, 0.4) is 0 Å². The molecule has 29 heteroatoms. The summed E-state index contributed by atoms with van der Waals surface area (Å²) in [6, 6.07) is 4.32. The molecule has 2 aliphatic carbocycles. The first-order chi connectivity index (χ1) is 32.0. The van der Waals surface area contributed by atoms with Gasteiger partial charge in [0.15, 0.2) is 21.3 Å². The van der Waals surface area contributed by atoms with Crippen molar-refractivity contribution in [3.8, 4) is 23.0 Å².